The maximum atomic E-state index is 12.3. The molecule has 0 bridgehead atoms. The van der Waals surface area contributed by atoms with E-state index in [1.807, 2.05) is 36.4 Å². The van der Waals surface area contributed by atoms with Crippen LogP contribution in [0.1, 0.15) is 51.0 Å². The largest absolute Gasteiger partial charge is 0.456 e. The second kappa shape index (κ2) is 12.2. The van der Waals surface area contributed by atoms with Gasteiger partial charge in [-0.1, -0.05) is 55.9 Å². The molecule has 0 heterocycles. The second-order valence-corrected chi connectivity index (χ2v) is 8.73. The van der Waals surface area contributed by atoms with Crippen molar-refractivity contribution in [3.05, 3.63) is 77.6 Å². The quantitative estimate of drug-likeness (QED) is 0.477. The van der Waals surface area contributed by atoms with Gasteiger partial charge in [0.25, 0.3) is 0 Å². The normalized spacial score (nSPS) is 20.8. The number of aliphatic hydroxyl groups excluding tert-OH is 1. The van der Waals surface area contributed by atoms with Crippen molar-refractivity contribution in [1.29, 1.82) is 5.26 Å². The second-order valence-electron chi connectivity index (χ2n) is 8.73. The van der Waals surface area contributed by atoms with Gasteiger partial charge in [0.2, 0.25) is 0 Å². The number of nitriles is 1. The number of rotatable bonds is 11. The number of allylic oxidation sites excluding steroid dienone is 7. The lowest BCUT2D eigenvalue weighted by Gasteiger charge is -2.21. The minimum absolute atomic E-state index is 0.0582. The van der Waals surface area contributed by atoms with E-state index in [0.717, 1.165) is 44.1 Å². The highest BCUT2D eigenvalue weighted by atomic mass is 16.5. The standard InChI is InChI=1S/C28H33NO3/c1-21-7-2-3-8-23(21)10-6-11-24(27(31)20-30)16-13-22-14-17-26(18-15-22)32-28-12-5-4-9-25(28)19-29/h2-3,5,7-8,12,14-15,17-18,21,23-24,30H,4,6,9-11,13,16,20H2,1H3. The van der Waals surface area contributed by atoms with E-state index in [1.165, 1.54) is 0 Å². The molecule has 0 saturated heterocycles. The van der Waals surface area contributed by atoms with E-state index in [-0.39, 0.29) is 18.3 Å². The fourth-order valence-corrected chi connectivity index (χ4v) is 4.36. The molecule has 2 aliphatic carbocycles. The van der Waals surface area contributed by atoms with E-state index in [2.05, 4.69) is 37.3 Å². The van der Waals surface area contributed by atoms with Crippen molar-refractivity contribution in [1.82, 2.24) is 0 Å². The van der Waals surface area contributed by atoms with E-state index >= 15 is 0 Å². The van der Waals surface area contributed by atoms with Crippen LogP contribution in [0.15, 0.2) is 72.1 Å². The lowest BCUT2D eigenvalue weighted by atomic mass is 9.83. The Kier molecular flexibility index (Phi) is 9.07. The first-order chi connectivity index (χ1) is 15.6. The predicted molar refractivity (Wildman–Crippen MR) is 127 cm³/mol. The molecule has 1 N–H and O–H groups in total. The Morgan fingerprint density at radius 2 is 2.00 bits per heavy atom. The monoisotopic (exact) mass is 431 g/mol. The summed E-state index contributed by atoms with van der Waals surface area (Å²) in [5.74, 6) is 2.24. The van der Waals surface area contributed by atoms with Crippen LogP contribution in [0.25, 0.3) is 0 Å². The lowest BCUT2D eigenvalue weighted by Crippen LogP contribution is -2.19. The van der Waals surface area contributed by atoms with E-state index in [9.17, 15) is 15.2 Å². The van der Waals surface area contributed by atoms with Crippen LogP contribution in [0, 0.1) is 29.1 Å². The highest BCUT2D eigenvalue weighted by Gasteiger charge is 2.20. The Balaban J connectivity index is 1.51. The first-order valence-corrected chi connectivity index (χ1v) is 11.7. The predicted octanol–water partition coefficient (Wildman–Crippen LogP) is 5.85. The van der Waals surface area contributed by atoms with Crippen LogP contribution in [0.2, 0.25) is 0 Å². The van der Waals surface area contributed by atoms with Gasteiger partial charge < -0.3 is 9.84 Å². The summed E-state index contributed by atoms with van der Waals surface area (Å²) < 4.78 is 5.89. The molecule has 3 unspecified atom stereocenters. The number of aliphatic hydroxyl groups is 1. The van der Waals surface area contributed by atoms with Gasteiger partial charge in [-0.05, 0) is 74.1 Å². The van der Waals surface area contributed by atoms with E-state index in [1.54, 1.807) is 0 Å². The summed E-state index contributed by atoms with van der Waals surface area (Å²) in [7, 11) is 0. The van der Waals surface area contributed by atoms with E-state index in [4.69, 9.17) is 4.74 Å². The van der Waals surface area contributed by atoms with Gasteiger partial charge in [-0.15, -0.1) is 0 Å². The third-order valence-corrected chi connectivity index (χ3v) is 6.46. The summed E-state index contributed by atoms with van der Waals surface area (Å²) in [6.45, 7) is 1.85. The molecular formula is C28H33NO3. The average molecular weight is 432 g/mol. The zero-order valence-electron chi connectivity index (χ0n) is 18.9. The van der Waals surface area contributed by atoms with Gasteiger partial charge in [-0.3, -0.25) is 4.79 Å². The topological polar surface area (TPSA) is 70.3 Å². The Labute approximate surface area is 191 Å². The van der Waals surface area contributed by atoms with Crippen LogP contribution in [-0.4, -0.2) is 17.5 Å². The molecule has 0 fully saturated rings. The number of carbonyl (C=O) groups excluding carboxylic acids is 1. The van der Waals surface area contributed by atoms with Crippen molar-refractivity contribution in [2.24, 2.45) is 17.8 Å². The summed E-state index contributed by atoms with van der Waals surface area (Å²) in [6.07, 6.45) is 18.6. The van der Waals surface area contributed by atoms with Crippen molar-refractivity contribution in [3.63, 3.8) is 0 Å². The van der Waals surface area contributed by atoms with Gasteiger partial charge in [0.05, 0.1) is 11.6 Å². The smallest absolute Gasteiger partial charge is 0.161 e. The molecule has 168 valence electrons. The lowest BCUT2D eigenvalue weighted by molar-refractivity contribution is -0.126. The number of hydrogen-bond donors (Lipinski definition) is 1. The summed E-state index contributed by atoms with van der Waals surface area (Å²) in [5.41, 5.74) is 1.81. The van der Waals surface area contributed by atoms with E-state index < -0.39 is 0 Å². The average Bonchev–Trinajstić information content (AvgIpc) is 2.83. The highest BCUT2D eigenvalue weighted by molar-refractivity contribution is 5.81. The van der Waals surface area contributed by atoms with Gasteiger partial charge in [0.1, 0.15) is 18.1 Å². The zero-order valence-corrected chi connectivity index (χ0v) is 18.9. The number of nitrogens with zero attached hydrogens (tertiary/aromatic N) is 1. The van der Waals surface area contributed by atoms with Crippen LogP contribution in [0.3, 0.4) is 0 Å². The molecule has 0 aromatic heterocycles. The Hall–Kier alpha value is -2.90. The Morgan fingerprint density at radius 1 is 1.22 bits per heavy atom. The number of hydrogen-bond acceptors (Lipinski definition) is 4. The molecule has 3 atom stereocenters. The number of ketones is 1. The molecule has 1 aromatic carbocycles. The molecular weight excluding hydrogens is 398 g/mol. The third-order valence-electron chi connectivity index (χ3n) is 6.46. The molecule has 0 amide bonds. The molecule has 1 aromatic rings. The summed E-state index contributed by atoms with van der Waals surface area (Å²) >= 11 is 0. The first kappa shape index (κ1) is 23.8. The molecule has 4 nitrogen and oxygen atoms in total. The molecule has 2 aliphatic rings. The number of Topliss-reactive ketones (excluding diaryl/α,β-unsaturated/α-hetero) is 1. The zero-order chi connectivity index (χ0) is 22.8. The Morgan fingerprint density at radius 3 is 2.72 bits per heavy atom. The molecule has 0 saturated carbocycles. The van der Waals surface area contributed by atoms with Crippen molar-refractivity contribution in [3.8, 4) is 11.8 Å². The van der Waals surface area contributed by atoms with Crippen molar-refractivity contribution >= 4 is 5.78 Å². The minimum atomic E-state index is -0.385. The maximum Gasteiger partial charge on any atom is 0.161 e. The molecule has 32 heavy (non-hydrogen) atoms. The molecule has 0 spiro atoms. The van der Waals surface area contributed by atoms with Gasteiger partial charge in [-0.2, -0.15) is 5.26 Å². The number of aryl methyl sites for hydroxylation is 1. The van der Waals surface area contributed by atoms with Gasteiger partial charge >= 0.3 is 0 Å². The van der Waals surface area contributed by atoms with E-state index in [0.29, 0.717) is 35.3 Å². The maximum absolute atomic E-state index is 12.3. The fraction of sp³-hybridized carbons (Fsp3) is 0.429. The molecule has 3 rings (SSSR count). The van der Waals surface area contributed by atoms with Crippen LogP contribution >= 0.6 is 0 Å². The van der Waals surface area contributed by atoms with Crippen LogP contribution in [-0.2, 0) is 11.2 Å². The van der Waals surface area contributed by atoms with Gasteiger partial charge in [0.15, 0.2) is 5.78 Å². The first-order valence-electron chi connectivity index (χ1n) is 11.7. The van der Waals surface area contributed by atoms with Gasteiger partial charge in [-0.25, -0.2) is 0 Å². The minimum Gasteiger partial charge on any atom is -0.456 e. The van der Waals surface area contributed by atoms with Crippen LogP contribution in [0.5, 0.6) is 5.75 Å². The summed E-state index contributed by atoms with van der Waals surface area (Å²) in [5, 5.41) is 18.7. The third kappa shape index (κ3) is 6.80. The molecule has 0 aliphatic heterocycles. The molecule has 4 heteroatoms. The molecule has 0 radical (unpaired) electrons. The number of ether oxygens (including phenoxy) is 1. The summed E-state index contributed by atoms with van der Waals surface area (Å²) in [4.78, 5) is 12.3. The van der Waals surface area contributed by atoms with Crippen LogP contribution in [0.4, 0.5) is 0 Å². The summed E-state index contributed by atoms with van der Waals surface area (Å²) in [6, 6.07) is 10.1. The fourth-order valence-electron chi connectivity index (χ4n) is 4.36. The van der Waals surface area contributed by atoms with Crippen LogP contribution < -0.4 is 4.74 Å². The van der Waals surface area contributed by atoms with Crippen molar-refractivity contribution < 1.29 is 14.6 Å². The highest BCUT2D eigenvalue weighted by Crippen LogP contribution is 2.27. The Bertz CT molecular complexity index is 930. The van der Waals surface area contributed by atoms with Crippen molar-refractivity contribution in [2.45, 2.75) is 51.9 Å². The van der Waals surface area contributed by atoms with Gasteiger partial charge in [0, 0.05) is 5.92 Å². The number of carbonyl (C=O) groups is 1. The number of benzene rings is 1. The SMILES string of the molecule is CC1C=CC=CC1CCCC(CCc1ccc(OC2=C(C#N)CCC=C2)cc1)C(=O)CO. The van der Waals surface area contributed by atoms with Crippen molar-refractivity contribution in [2.75, 3.05) is 6.61 Å².